The fourth-order valence-corrected chi connectivity index (χ4v) is 4.74. The fraction of sp³-hybridized carbons (Fsp3) is 0.409. The summed E-state index contributed by atoms with van der Waals surface area (Å²) in [6, 6.07) is 12.2. The molecule has 142 valence electrons. The van der Waals surface area contributed by atoms with Gasteiger partial charge in [-0.3, -0.25) is 4.79 Å². The largest absolute Gasteiger partial charge is 0.356 e. The molecule has 3 fully saturated rings. The maximum atomic E-state index is 13.4. The molecule has 2 aromatic rings. The van der Waals surface area contributed by atoms with Crippen LogP contribution in [0.4, 0.5) is 5.82 Å². The Labute approximate surface area is 164 Å². The molecule has 0 unspecified atom stereocenters. The summed E-state index contributed by atoms with van der Waals surface area (Å²) < 4.78 is 6.39. The van der Waals surface area contributed by atoms with E-state index in [1.807, 2.05) is 29.2 Å². The third-order valence-electron chi connectivity index (χ3n) is 6.20. The van der Waals surface area contributed by atoms with Crippen molar-refractivity contribution in [2.75, 3.05) is 18.0 Å². The normalized spacial score (nSPS) is 25.8. The van der Waals surface area contributed by atoms with E-state index >= 15 is 0 Å². The Morgan fingerprint density at radius 3 is 2.68 bits per heavy atom. The number of hydrogen-bond acceptors (Lipinski definition) is 5. The van der Waals surface area contributed by atoms with Crippen LogP contribution >= 0.6 is 0 Å². The second kappa shape index (κ2) is 6.61. The molecule has 0 aliphatic carbocycles. The lowest BCUT2D eigenvalue weighted by molar-refractivity contribution is -0.140. The molecule has 1 aromatic heterocycles. The highest BCUT2D eigenvalue weighted by Crippen LogP contribution is 2.47. The number of ether oxygens (including phenoxy) is 1. The predicted molar refractivity (Wildman–Crippen MR) is 104 cm³/mol. The van der Waals surface area contributed by atoms with Gasteiger partial charge < -0.3 is 14.5 Å². The monoisotopic (exact) mass is 374 g/mol. The molecular weight excluding hydrogens is 352 g/mol. The molecule has 1 spiro atoms. The minimum absolute atomic E-state index is 0.101. The number of anilines is 1. The highest BCUT2D eigenvalue weighted by Gasteiger charge is 2.57. The summed E-state index contributed by atoms with van der Waals surface area (Å²) in [5.41, 5.74) is 1.07. The Balaban J connectivity index is 1.33. The second-order valence-electron chi connectivity index (χ2n) is 7.68. The summed E-state index contributed by atoms with van der Waals surface area (Å²) >= 11 is 0. The van der Waals surface area contributed by atoms with Crippen molar-refractivity contribution in [3.63, 3.8) is 0 Å². The smallest absolute Gasteiger partial charge is 0.257 e. The molecule has 3 saturated heterocycles. The van der Waals surface area contributed by atoms with Gasteiger partial charge in [0.25, 0.3) is 5.91 Å². The average Bonchev–Trinajstić information content (AvgIpc) is 3.27. The Morgan fingerprint density at radius 1 is 1.14 bits per heavy atom. The van der Waals surface area contributed by atoms with Crippen LogP contribution in [0.15, 0.2) is 42.7 Å². The Morgan fingerprint density at radius 2 is 1.93 bits per heavy atom. The maximum Gasteiger partial charge on any atom is 0.257 e. The van der Waals surface area contributed by atoms with Crippen molar-refractivity contribution in [1.82, 2.24) is 14.9 Å². The lowest BCUT2D eigenvalue weighted by Gasteiger charge is -2.38. The molecule has 5 rings (SSSR count). The lowest BCUT2D eigenvalue weighted by Crippen LogP contribution is -2.50. The molecule has 3 aliphatic rings. The molecular formula is C22H22N4O2. The van der Waals surface area contributed by atoms with Gasteiger partial charge in [-0.2, -0.15) is 0 Å². The van der Waals surface area contributed by atoms with Gasteiger partial charge >= 0.3 is 0 Å². The number of piperidine rings is 1. The molecule has 6 nitrogen and oxygen atoms in total. The van der Waals surface area contributed by atoms with Crippen molar-refractivity contribution in [3.8, 4) is 12.3 Å². The number of benzene rings is 1. The first-order valence-corrected chi connectivity index (χ1v) is 9.79. The summed E-state index contributed by atoms with van der Waals surface area (Å²) in [6.45, 7) is 1.42. The molecule has 0 bridgehead atoms. The molecule has 1 amide bonds. The Bertz CT molecular complexity index is 931. The first-order chi connectivity index (χ1) is 13.7. The predicted octanol–water partition coefficient (Wildman–Crippen LogP) is 2.52. The van der Waals surface area contributed by atoms with Crippen LogP contribution in [0.25, 0.3) is 0 Å². The number of aromatic nitrogens is 2. The first kappa shape index (κ1) is 17.2. The number of fused-ring (bicyclic) bond motifs is 1. The number of rotatable bonds is 2. The van der Waals surface area contributed by atoms with Crippen molar-refractivity contribution in [2.24, 2.45) is 0 Å². The molecule has 0 saturated carbocycles. The molecule has 0 radical (unpaired) electrons. The van der Waals surface area contributed by atoms with Crippen molar-refractivity contribution in [1.29, 1.82) is 0 Å². The number of carbonyl (C=O) groups is 1. The van der Waals surface area contributed by atoms with E-state index < -0.39 is 5.60 Å². The zero-order valence-electron chi connectivity index (χ0n) is 15.6. The summed E-state index contributed by atoms with van der Waals surface area (Å²) in [6.07, 6.45) is 10.0. The molecule has 1 aromatic carbocycles. The van der Waals surface area contributed by atoms with Crippen LogP contribution in [0.5, 0.6) is 0 Å². The van der Waals surface area contributed by atoms with Gasteiger partial charge in [0.15, 0.2) is 5.60 Å². The van der Waals surface area contributed by atoms with Gasteiger partial charge in [0.1, 0.15) is 24.1 Å². The standard InChI is InChI=1S/C22H22N4O2/c1-2-17-14-19(24-15-23-17)25-12-10-22(11-13-25)21(27)26-18(8-9-20(26)28-22)16-6-4-3-5-7-16/h1,3-7,14-15,18,20H,8-13H2/t18-,20+/m0/s1. The van der Waals surface area contributed by atoms with Crippen molar-refractivity contribution in [3.05, 3.63) is 54.0 Å². The highest BCUT2D eigenvalue weighted by atomic mass is 16.6. The topological polar surface area (TPSA) is 58.6 Å². The number of terminal acetylenes is 1. The van der Waals surface area contributed by atoms with E-state index in [4.69, 9.17) is 11.2 Å². The SMILES string of the molecule is C#Cc1cc(N2CCC3(CC2)O[C@@H]2CC[C@@H](c4ccccc4)N2C3=O)ncn1. The number of nitrogens with zero attached hydrogens (tertiary/aromatic N) is 4. The highest BCUT2D eigenvalue weighted by molar-refractivity contribution is 5.88. The maximum absolute atomic E-state index is 13.4. The Hall–Kier alpha value is -2.91. The van der Waals surface area contributed by atoms with Crippen LogP contribution < -0.4 is 4.90 Å². The minimum Gasteiger partial charge on any atom is -0.356 e. The van der Waals surface area contributed by atoms with Crippen molar-refractivity contribution < 1.29 is 9.53 Å². The van der Waals surface area contributed by atoms with Crippen LogP contribution in [-0.4, -0.2) is 45.7 Å². The number of carbonyl (C=O) groups excluding carboxylic acids is 1. The molecule has 0 N–H and O–H groups in total. The van der Waals surface area contributed by atoms with Crippen molar-refractivity contribution >= 4 is 11.7 Å². The molecule has 3 aliphatic heterocycles. The minimum atomic E-state index is -0.698. The van der Waals surface area contributed by atoms with E-state index in [2.05, 4.69) is 32.9 Å². The summed E-state index contributed by atoms with van der Waals surface area (Å²) in [7, 11) is 0. The third kappa shape index (κ3) is 2.66. The molecule has 4 heterocycles. The van der Waals surface area contributed by atoms with Crippen LogP contribution in [-0.2, 0) is 9.53 Å². The van der Waals surface area contributed by atoms with Gasteiger partial charge in [-0.15, -0.1) is 6.42 Å². The van der Waals surface area contributed by atoms with Crippen LogP contribution in [0.2, 0.25) is 0 Å². The van der Waals surface area contributed by atoms with Crippen LogP contribution in [0.1, 0.15) is 43.0 Å². The van der Waals surface area contributed by atoms with E-state index in [0.29, 0.717) is 31.6 Å². The quantitative estimate of drug-likeness (QED) is 0.756. The van der Waals surface area contributed by atoms with E-state index in [9.17, 15) is 4.79 Å². The van der Waals surface area contributed by atoms with Crippen LogP contribution in [0, 0.1) is 12.3 Å². The lowest BCUT2D eigenvalue weighted by atomic mass is 9.89. The first-order valence-electron chi connectivity index (χ1n) is 9.79. The Kier molecular flexibility index (Phi) is 4.06. The molecule has 6 heteroatoms. The van der Waals surface area contributed by atoms with Gasteiger partial charge in [0.2, 0.25) is 0 Å². The second-order valence-corrected chi connectivity index (χ2v) is 7.68. The summed E-state index contributed by atoms with van der Waals surface area (Å²) in [4.78, 5) is 26.0. The van der Waals surface area contributed by atoms with Gasteiger partial charge in [-0.25, -0.2) is 9.97 Å². The summed E-state index contributed by atoms with van der Waals surface area (Å²) in [5.74, 6) is 3.51. The molecule has 28 heavy (non-hydrogen) atoms. The average molecular weight is 374 g/mol. The summed E-state index contributed by atoms with van der Waals surface area (Å²) in [5, 5.41) is 0. The van der Waals surface area contributed by atoms with E-state index in [1.165, 1.54) is 11.9 Å². The van der Waals surface area contributed by atoms with Crippen molar-refractivity contribution in [2.45, 2.75) is 43.6 Å². The van der Waals surface area contributed by atoms with Gasteiger partial charge in [0.05, 0.1) is 6.04 Å². The van der Waals surface area contributed by atoms with E-state index in [-0.39, 0.29) is 18.2 Å². The zero-order valence-corrected chi connectivity index (χ0v) is 15.6. The number of hydrogen-bond donors (Lipinski definition) is 0. The van der Waals surface area contributed by atoms with Gasteiger partial charge in [-0.1, -0.05) is 36.3 Å². The van der Waals surface area contributed by atoms with Crippen LogP contribution in [0.3, 0.4) is 0 Å². The number of amides is 1. The van der Waals surface area contributed by atoms with E-state index in [0.717, 1.165) is 18.7 Å². The fourth-order valence-electron chi connectivity index (χ4n) is 4.74. The third-order valence-corrected chi connectivity index (χ3v) is 6.20. The zero-order chi connectivity index (χ0) is 19.1. The molecule has 2 atom stereocenters. The van der Waals surface area contributed by atoms with Gasteiger partial charge in [0, 0.05) is 32.0 Å². The van der Waals surface area contributed by atoms with Gasteiger partial charge in [-0.05, 0) is 18.4 Å². The van der Waals surface area contributed by atoms with E-state index in [1.54, 1.807) is 0 Å².